The van der Waals surface area contributed by atoms with Crippen LogP contribution >= 0.6 is 12.2 Å². The van der Waals surface area contributed by atoms with Gasteiger partial charge in [0.05, 0.1) is 23.9 Å². The van der Waals surface area contributed by atoms with Crippen molar-refractivity contribution in [3.63, 3.8) is 0 Å². The van der Waals surface area contributed by atoms with Gasteiger partial charge in [-0.1, -0.05) is 6.92 Å². The second-order valence-electron chi connectivity index (χ2n) is 4.20. The first-order valence-corrected chi connectivity index (χ1v) is 8.17. The summed E-state index contributed by atoms with van der Waals surface area (Å²) in [6.07, 6.45) is 0. The number of sulfone groups is 1. The quantitative estimate of drug-likeness (QED) is 0.859. The van der Waals surface area contributed by atoms with Gasteiger partial charge in [0.2, 0.25) is 0 Å². The molecular weight excluding hydrogens is 284 g/mol. The maximum atomic E-state index is 11.6. The highest BCUT2D eigenvalue weighted by Gasteiger charge is 2.11. The summed E-state index contributed by atoms with van der Waals surface area (Å²) >= 11 is 5.23. The zero-order chi connectivity index (χ0) is 14.0. The Kier molecular flexibility index (Phi) is 3.96. The Morgan fingerprint density at radius 3 is 2.79 bits per heavy atom. The van der Waals surface area contributed by atoms with Gasteiger partial charge in [0.25, 0.3) is 0 Å². The number of fused-ring (bicyclic) bond motifs is 1. The van der Waals surface area contributed by atoms with Crippen LogP contribution in [0.4, 0.5) is 0 Å². The van der Waals surface area contributed by atoms with Crippen molar-refractivity contribution >= 4 is 33.1 Å². The maximum absolute atomic E-state index is 11.6. The average Bonchev–Trinajstić information content (AvgIpc) is 2.71. The summed E-state index contributed by atoms with van der Waals surface area (Å²) in [4.78, 5) is 3.06. The lowest BCUT2D eigenvalue weighted by Crippen LogP contribution is -2.14. The molecule has 7 heteroatoms. The van der Waals surface area contributed by atoms with Gasteiger partial charge >= 0.3 is 0 Å². The molecule has 104 valence electrons. The molecule has 19 heavy (non-hydrogen) atoms. The molecule has 0 spiro atoms. The highest BCUT2D eigenvalue weighted by molar-refractivity contribution is 7.91. The number of nitrogens with one attached hydrogen (secondary N) is 1. The summed E-state index contributed by atoms with van der Waals surface area (Å²) in [5.74, 6) is 0.946. The molecule has 2 rings (SSSR count). The van der Waals surface area contributed by atoms with E-state index in [0.29, 0.717) is 17.1 Å². The van der Waals surface area contributed by atoms with Crippen molar-refractivity contribution in [1.82, 2.24) is 9.55 Å². The lowest BCUT2D eigenvalue weighted by molar-refractivity contribution is 0.415. The predicted molar refractivity (Wildman–Crippen MR) is 78.0 cm³/mol. The highest BCUT2D eigenvalue weighted by Crippen LogP contribution is 2.20. The Labute approximate surface area is 117 Å². The number of methoxy groups -OCH3 is 1. The zero-order valence-corrected chi connectivity index (χ0v) is 12.5. The molecule has 1 aromatic carbocycles. The first-order valence-electron chi connectivity index (χ1n) is 5.94. The molecule has 1 aromatic heterocycles. The highest BCUT2D eigenvalue weighted by atomic mass is 32.2. The van der Waals surface area contributed by atoms with Gasteiger partial charge in [-0.25, -0.2) is 8.42 Å². The summed E-state index contributed by atoms with van der Waals surface area (Å²) in [5.41, 5.74) is 1.73. The number of rotatable bonds is 5. The predicted octanol–water partition coefficient (Wildman–Crippen LogP) is 2.14. The Morgan fingerprint density at radius 1 is 1.42 bits per heavy atom. The number of imidazole rings is 1. The van der Waals surface area contributed by atoms with Crippen LogP contribution in [0.1, 0.15) is 6.92 Å². The molecule has 0 radical (unpaired) electrons. The van der Waals surface area contributed by atoms with Crippen LogP contribution in [0.15, 0.2) is 18.2 Å². The molecule has 0 fully saturated rings. The number of hydrogen-bond donors (Lipinski definition) is 1. The Morgan fingerprint density at radius 2 is 2.16 bits per heavy atom. The van der Waals surface area contributed by atoms with Crippen molar-refractivity contribution in [2.24, 2.45) is 0 Å². The molecule has 0 aliphatic carbocycles. The number of aromatic nitrogens is 2. The summed E-state index contributed by atoms with van der Waals surface area (Å²) in [6.45, 7) is 2.00. The van der Waals surface area contributed by atoms with Crippen molar-refractivity contribution < 1.29 is 13.2 Å². The summed E-state index contributed by atoms with van der Waals surface area (Å²) < 4.78 is 30.7. The van der Waals surface area contributed by atoms with Gasteiger partial charge in [-0.05, 0) is 24.4 Å². The van der Waals surface area contributed by atoms with Crippen molar-refractivity contribution in [2.45, 2.75) is 13.5 Å². The summed E-state index contributed by atoms with van der Waals surface area (Å²) in [5, 5.41) is 0. The van der Waals surface area contributed by atoms with E-state index in [1.165, 1.54) is 0 Å². The van der Waals surface area contributed by atoms with Crippen LogP contribution in [-0.2, 0) is 16.4 Å². The number of nitrogens with zero attached hydrogens (tertiary/aromatic N) is 1. The van der Waals surface area contributed by atoms with Gasteiger partial charge in [-0.3, -0.25) is 0 Å². The van der Waals surface area contributed by atoms with E-state index in [2.05, 4.69) is 4.98 Å². The van der Waals surface area contributed by atoms with Gasteiger partial charge in [0.15, 0.2) is 14.6 Å². The normalized spacial score (nSPS) is 11.9. The van der Waals surface area contributed by atoms with Gasteiger partial charge in [0.1, 0.15) is 5.75 Å². The first-order chi connectivity index (χ1) is 8.96. The standard InChI is InChI=1S/C12H16N2O3S2/c1-3-19(15,16)7-6-14-11-8-9(17-2)4-5-10(11)13-12(14)18/h4-5,8H,3,6-7H2,1-2H3,(H,13,18). The second-order valence-corrected chi connectivity index (χ2v) is 7.06. The SMILES string of the molecule is CCS(=O)(=O)CCn1c(=S)[nH]c2ccc(OC)cc21. The fourth-order valence-corrected chi connectivity index (χ4v) is 2.91. The monoisotopic (exact) mass is 300 g/mol. The molecule has 0 unspecified atom stereocenters. The molecule has 0 bridgehead atoms. The van der Waals surface area contributed by atoms with E-state index >= 15 is 0 Å². The van der Waals surface area contributed by atoms with E-state index in [0.717, 1.165) is 11.0 Å². The lowest BCUT2D eigenvalue weighted by atomic mass is 10.3. The van der Waals surface area contributed by atoms with E-state index < -0.39 is 9.84 Å². The van der Waals surface area contributed by atoms with E-state index in [4.69, 9.17) is 17.0 Å². The number of aromatic amines is 1. The molecule has 2 aromatic rings. The third kappa shape index (κ3) is 2.98. The second kappa shape index (κ2) is 5.34. The third-order valence-electron chi connectivity index (χ3n) is 3.05. The van der Waals surface area contributed by atoms with E-state index in [9.17, 15) is 8.42 Å². The van der Waals surface area contributed by atoms with Crippen LogP contribution in [0.3, 0.4) is 0 Å². The fourth-order valence-electron chi connectivity index (χ4n) is 1.86. The average molecular weight is 300 g/mol. The molecule has 0 saturated carbocycles. The topological polar surface area (TPSA) is 64.1 Å². The van der Waals surface area contributed by atoms with Crippen molar-refractivity contribution in [3.8, 4) is 5.75 Å². The Balaban J connectivity index is 2.42. The van der Waals surface area contributed by atoms with Crippen LogP contribution in [0.2, 0.25) is 0 Å². The number of aryl methyl sites for hydroxylation is 1. The fraction of sp³-hybridized carbons (Fsp3) is 0.417. The van der Waals surface area contributed by atoms with Gasteiger partial charge in [0, 0.05) is 18.4 Å². The number of H-pyrrole nitrogens is 1. The lowest BCUT2D eigenvalue weighted by Gasteiger charge is -2.06. The van der Waals surface area contributed by atoms with E-state index in [1.54, 1.807) is 18.6 Å². The molecule has 0 aliphatic heterocycles. The molecule has 1 N–H and O–H groups in total. The zero-order valence-electron chi connectivity index (χ0n) is 10.8. The summed E-state index contributed by atoms with van der Waals surface area (Å²) in [7, 11) is -1.42. The van der Waals surface area contributed by atoms with Gasteiger partial charge in [-0.15, -0.1) is 0 Å². The van der Waals surface area contributed by atoms with E-state index in [1.807, 2.05) is 18.2 Å². The number of hydrogen-bond acceptors (Lipinski definition) is 4. The van der Waals surface area contributed by atoms with Crippen LogP contribution in [0.25, 0.3) is 11.0 Å². The van der Waals surface area contributed by atoms with Gasteiger partial charge in [-0.2, -0.15) is 0 Å². The summed E-state index contributed by atoms with van der Waals surface area (Å²) in [6, 6.07) is 5.55. The van der Waals surface area contributed by atoms with E-state index in [-0.39, 0.29) is 11.5 Å². The number of ether oxygens (including phenoxy) is 1. The first kappa shape index (κ1) is 14.1. The molecule has 0 atom stereocenters. The molecule has 5 nitrogen and oxygen atoms in total. The minimum Gasteiger partial charge on any atom is -0.497 e. The minimum atomic E-state index is -3.01. The van der Waals surface area contributed by atoms with Crippen LogP contribution in [0.5, 0.6) is 5.75 Å². The van der Waals surface area contributed by atoms with Crippen LogP contribution < -0.4 is 4.74 Å². The van der Waals surface area contributed by atoms with Crippen molar-refractivity contribution in [2.75, 3.05) is 18.6 Å². The Bertz CT molecular complexity index is 744. The molecular formula is C12H16N2O3S2. The van der Waals surface area contributed by atoms with Crippen LogP contribution in [-0.4, -0.2) is 36.6 Å². The molecule has 1 heterocycles. The smallest absolute Gasteiger partial charge is 0.178 e. The minimum absolute atomic E-state index is 0.0853. The maximum Gasteiger partial charge on any atom is 0.178 e. The number of benzene rings is 1. The molecule has 0 aliphatic rings. The molecule has 0 saturated heterocycles. The molecule has 0 amide bonds. The third-order valence-corrected chi connectivity index (χ3v) is 5.05. The largest absolute Gasteiger partial charge is 0.497 e. The van der Waals surface area contributed by atoms with Gasteiger partial charge < -0.3 is 14.3 Å². The van der Waals surface area contributed by atoms with Crippen LogP contribution in [0, 0.1) is 4.77 Å². The van der Waals surface area contributed by atoms with Crippen molar-refractivity contribution in [3.05, 3.63) is 23.0 Å². The van der Waals surface area contributed by atoms with Crippen molar-refractivity contribution in [1.29, 1.82) is 0 Å². The Hall–Kier alpha value is -1.34.